The van der Waals surface area contributed by atoms with Crippen molar-refractivity contribution < 1.29 is 8.78 Å². The molecule has 0 fully saturated rings. The van der Waals surface area contributed by atoms with Gasteiger partial charge in [-0.25, -0.2) is 8.78 Å². The third kappa shape index (κ3) is 2.61. The van der Waals surface area contributed by atoms with Crippen molar-refractivity contribution in [3.63, 3.8) is 0 Å². The van der Waals surface area contributed by atoms with Crippen molar-refractivity contribution in [3.05, 3.63) is 52.3 Å². The maximum absolute atomic E-state index is 13.7. The highest BCUT2D eigenvalue weighted by Crippen LogP contribution is 2.26. The zero-order valence-corrected chi connectivity index (χ0v) is 10.6. The Kier molecular flexibility index (Phi) is 3.38. The monoisotopic (exact) mass is 298 g/mol. The lowest BCUT2D eigenvalue weighted by Crippen LogP contribution is -1.99. The van der Waals surface area contributed by atoms with Gasteiger partial charge in [0.2, 0.25) is 0 Å². The lowest BCUT2D eigenvalue weighted by molar-refractivity contribution is 0.585. The van der Waals surface area contributed by atoms with E-state index in [-0.39, 0.29) is 5.69 Å². The number of rotatable bonds is 2. The highest BCUT2D eigenvalue weighted by Gasteiger charge is 2.11. The van der Waals surface area contributed by atoms with Gasteiger partial charge in [0.05, 0.1) is 11.9 Å². The first-order valence-corrected chi connectivity index (χ1v) is 5.69. The molecule has 5 heteroatoms. The number of benzene rings is 1. The van der Waals surface area contributed by atoms with Crippen LogP contribution in [0.1, 0.15) is 5.56 Å². The lowest BCUT2D eigenvalue weighted by atomic mass is 10.2. The van der Waals surface area contributed by atoms with Crippen molar-refractivity contribution in [1.82, 2.24) is 4.98 Å². The molecule has 0 saturated heterocycles. The summed E-state index contributed by atoms with van der Waals surface area (Å²) in [6.45, 7) is 1.58. The molecule has 1 aromatic heterocycles. The zero-order valence-electron chi connectivity index (χ0n) is 8.97. The van der Waals surface area contributed by atoms with Gasteiger partial charge in [-0.05, 0) is 40.5 Å². The molecule has 0 radical (unpaired) electrons. The molecule has 1 aromatic carbocycles. The molecule has 1 heterocycles. The van der Waals surface area contributed by atoms with E-state index < -0.39 is 11.6 Å². The number of halogens is 3. The van der Waals surface area contributed by atoms with Crippen LogP contribution in [0.25, 0.3) is 0 Å². The van der Waals surface area contributed by atoms with Crippen LogP contribution in [0.3, 0.4) is 0 Å². The molecule has 0 bridgehead atoms. The second kappa shape index (κ2) is 4.79. The molecule has 1 N–H and O–H groups in total. The lowest BCUT2D eigenvalue weighted by Gasteiger charge is -2.10. The Balaban J connectivity index is 2.39. The average molecular weight is 299 g/mol. The van der Waals surface area contributed by atoms with Crippen LogP contribution < -0.4 is 5.32 Å². The minimum atomic E-state index is -0.631. The Morgan fingerprint density at radius 1 is 1.24 bits per heavy atom. The Morgan fingerprint density at radius 2 is 2.00 bits per heavy atom. The predicted octanol–water partition coefficient (Wildman–Crippen LogP) is 4.17. The van der Waals surface area contributed by atoms with Crippen molar-refractivity contribution in [3.8, 4) is 0 Å². The SMILES string of the molecule is Cc1ccc(F)c(Nc2cncc(Br)c2)c1F. The van der Waals surface area contributed by atoms with Crippen LogP contribution in [0.4, 0.5) is 20.2 Å². The summed E-state index contributed by atoms with van der Waals surface area (Å²) in [5.41, 5.74) is 0.740. The standard InChI is InChI=1S/C12H9BrF2N2/c1-7-2-3-10(14)12(11(7)15)17-9-4-8(13)5-16-6-9/h2-6,17H,1H3. The van der Waals surface area contributed by atoms with E-state index in [1.807, 2.05) is 0 Å². The van der Waals surface area contributed by atoms with E-state index in [0.717, 1.165) is 4.47 Å². The van der Waals surface area contributed by atoms with Gasteiger partial charge in [-0.15, -0.1) is 0 Å². The van der Waals surface area contributed by atoms with Crippen LogP contribution in [0.2, 0.25) is 0 Å². The summed E-state index contributed by atoms with van der Waals surface area (Å²) in [4.78, 5) is 3.91. The van der Waals surface area contributed by atoms with Gasteiger partial charge in [0.25, 0.3) is 0 Å². The van der Waals surface area contributed by atoms with Gasteiger partial charge in [-0.3, -0.25) is 4.98 Å². The second-order valence-electron chi connectivity index (χ2n) is 3.57. The zero-order chi connectivity index (χ0) is 12.4. The Bertz CT molecular complexity index is 558. The molecular weight excluding hydrogens is 290 g/mol. The van der Waals surface area contributed by atoms with Crippen molar-refractivity contribution >= 4 is 27.3 Å². The summed E-state index contributed by atoms with van der Waals surface area (Å²) >= 11 is 3.24. The highest BCUT2D eigenvalue weighted by molar-refractivity contribution is 9.10. The number of hydrogen-bond acceptors (Lipinski definition) is 2. The van der Waals surface area contributed by atoms with Crippen LogP contribution in [0, 0.1) is 18.6 Å². The molecular formula is C12H9BrF2N2. The van der Waals surface area contributed by atoms with E-state index >= 15 is 0 Å². The molecule has 2 nitrogen and oxygen atoms in total. The maximum Gasteiger partial charge on any atom is 0.152 e. The van der Waals surface area contributed by atoms with E-state index in [1.54, 1.807) is 19.2 Å². The van der Waals surface area contributed by atoms with Crippen LogP contribution >= 0.6 is 15.9 Å². The summed E-state index contributed by atoms with van der Waals surface area (Å²) < 4.78 is 27.9. The van der Waals surface area contributed by atoms with Gasteiger partial charge in [0.1, 0.15) is 11.5 Å². The van der Waals surface area contributed by atoms with Crippen molar-refractivity contribution in [2.45, 2.75) is 6.92 Å². The fourth-order valence-electron chi connectivity index (χ4n) is 1.40. The molecule has 0 saturated carbocycles. The van der Waals surface area contributed by atoms with E-state index in [0.29, 0.717) is 11.3 Å². The molecule has 17 heavy (non-hydrogen) atoms. The van der Waals surface area contributed by atoms with Gasteiger partial charge in [-0.2, -0.15) is 0 Å². The van der Waals surface area contributed by atoms with Gasteiger partial charge < -0.3 is 5.32 Å². The topological polar surface area (TPSA) is 24.9 Å². The maximum atomic E-state index is 13.7. The van der Waals surface area contributed by atoms with E-state index in [4.69, 9.17) is 0 Å². The molecule has 0 unspecified atom stereocenters. The second-order valence-corrected chi connectivity index (χ2v) is 4.49. The molecule has 0 aliphatic carbocycles. The quantitative estimate of drug-likeness (QED) is 0.900. The van der Waals surface area contributed by atoms with Gasteiger partial charge in [0, 0.05) is 10.7 Å². The van der Waals surface area contributed by atoms with Gasteiger partial charge in [-0.1, -0.05) is 6.07 Å². The average Bonchev–Trinajstić information content (AvgIpc) is 2.30. The molecule has 2 aromatic rings. The Hall–Kier alpha value is -1.49. The smallest absolute Gasteiger partial charge is 0.152 e. The number of nitrogens with zero attached hydrogens (tertiary/aromatic N) is 1. The van der Waals surface area contributed by atoms with Crippen LogP contribution in [-0.2, 0) is 0 Å². The number of aryl methyl sites for hydroxylation is 1. The van der Waals surface area contributed by atoms with Crippen LogP contribution in [0.5, 0.6) is 0 Å². The molecule has 0 amide bonds. The molecule has 88 valence electrons. The minimum absolute atomic E-state index is 0.162. The highest BCUT2D eigenvalue weighted by atomic mass is 79.9. The number of hydrogen-bond donors (Lipinski definition) is 1. The molecule has 0 atom stereocenters. The molecule has 0 aliphatic heterocycles. The van der Waals surface area contributed by atoms with Crippen LogP contribution in [0.15, 0.2) is 35.1 Å². The molecule has 0 aliphatic rings. The predicted molar refractivity (Wildman–Crippen MR) is 66.3 cm³/mol. The van der Waals surface area contributed by atoms with Gasteiger partial charge >= 0.3 is 0 Å². The van der Waals surface area contributed by atoms with Crippen molar-refractivity contribution in [2.24, 2.45) is 0 Å². The number of nitrogens with one attached hydrogen (secondary N) is 1. The largest absolute Gasteiger partial charge is 0.349 e. The summed E-state index contributed by atoms with van der Waals surface area (Å²) in [6.07, 6.45) is 3.08. The van der Waals surface area contributed by atoms with Gasteiger partial charge in [0.15, 0.2) is 5.82 Å². The van der Waals surface area contributed by atoms with E-state index in [2.05, 4.69) is 26.2 Å². The summed E-state index contributed by atoms with van der Waals surface area (Å²) in [6, 6.07) is 4.31. The fraction of sp³-hybridized carbons (Fsp3) is 0.0833. The Morgan fingerprint density at radius 3 is 2.71 bits per heavy atom. The normalized spacial score (nSPS) is 10.4. The molecule has 0 spiro atoms. The van der Waals surface area contributed by atoms with Crippen molar-refractivity contribution in [2.75, 3.05) is 5.32 Å². The first kappa shape index (κ1) is 12.0. The number of aromatic nitrogens is 1. The third-order valence-corrected chi connectivity index (χ3v) is 2.69. The number of pyridine rings is 1. The first-order chi connectivity index (χ1) is 8.08. The molecule has 2 rings (SSSR count). The fourth-order valence-corrected chi connectivity index (χ4v) is 1.76. The van der Waals surface area contributed by atoms with Crippen molar-refractivity contribution in [1.29, 1.82) is 0 Å². The Labute approximate surface area is 106 Å². The minimum Gasteiger partial charge on any atom is -0.349 e. The van der Waals surface area contributed by atoms with E-state index in [1.165, 1.54) is 18.3 Å². The van der Waals surface area contributed by atoms with Crippen LogP contribution in [-0.4, -0.2) is 4.98 Å². The first-order valence-electron chi connectivity index (χ1n) is 4.90. The summed E-state index contributed by atoms with van der Waals surface area (Å²) in [5, 5.41) is 2.68. The third-order valence-electron chi connectivity index (χ3n) is 2.26. The summed E-state index contributed by atoms with van der Waals surface area (Å²) in [5.74, 6) is -1.22. The van der Waals surface area contributed by atoms with E-state index in [9.17, 15) is 8.78 Å². The summed E-state index contributed by atoms with van der Waals surface area (Å²) in [7, 11) is 0. The number of anilines is 2.